The van der Waals surface area contributed by atoms with Crippen LogP contribution in [0.1, 0.15) is 48.3 Å². The normalized spacial score (nSPS) is 25.5. The van der Waals surface area contributed by atoms with E-state index in [1.54, 1.807) is 13.2 Å². The average molecular weight is 365 g/mol. The summed E-state index contributed by atoms with van der Waals surface area (Å²) in [7, 11) is 1.71. The number of aryl methyl sites for hydroxylation is 1. The molecule has 1 aromatic carbocycles. The van der Waals surface area contributed by atoms with Crippen molar-refractivity contribution in [1.29, 1.82) is 0 Å². The molecule has 2 aliphatic heterocycles. The molecule has 5 heteroatoms. The van der Waals surface area contributed by atoms with Gasteiger partial charge in [0, 0.05) is 39.5 Å². The van der Waals surface area contributed by atoms with Gasteiger partial charge in [0.05, 0.1) is 12.7 Å². The molecule has 0 saturated carbocycles. The van der Waals surface area contributed by atoms with Gasteiger partial charge in [-0.05, 0) is 67.7 Å². The highest BCUT2D eigenvalue weighted by molar-refractivity contribution is 5.35. The van der Waals surface area contributed by atoms with E-state index in [0.29, 0.717) is 31.5 Å². The highest BCUT2D eigenvalue weighted by Crippen LogP contribution is 2.30. The van der Waals surface area contributed by atoms with Crippen molar-refractivity contribution in [2.45, 2.75) is 57.1 Å². The Morgan fingerprint density at radius 3 is 2.69 bits per heavy atom. The first-order chi connectivity index (χ1) is 12.6. The number of aliphatic hydroxyl groups is 1. The first-order valence-electron chi connectivity index (χ1n) is 9.86. The average Bonchev–Trinajstić information content (AvgIpc) is 2.64. The Bertz CT molecular complexity index is 566. The maximum absolute atomic E-state index is 14.8. The molecule has 2 heterocycles. The van der Waals surface area contributed by atoms with E-state index in [1.807, 2.05) is 6.92 Å². The van der Waals surface area contributed by atoms with Gasteiger partial charge in [0.15, 0.2) is 0 Å². The van der Waals surface area contributed by atoms with Gasteiger partial charge in [-0.3, -0.25) is 4.90 Å². The van der Waals surface area contributed by atoms with Crippen LogP contribution >= 0.6 is 0 Å². The first-order valence-corrected chi connectivity index (χ1v) is 9.86. The quantitative estimate of drug-likeness (QED) is 0.841. The van der Waals surface area contributed by atoms with E-state index in [4.69, 9.17) is 9.47 Å². The summed E-state index contributed by atoms with van der Waals surface area (Å²) < 4.78 is 25.6. The molecule has 0 amide bonds. The van der Waals surface area contributed by atoms with Crippen molar-refractivity contribution >= 4 is 0 Å². The van der Waals surface area contributed by atoms with Crippen molar-refractivity contribution in [2.24, 2.45) is 0 Å². The number of benzene rings is 1. The predicted molar refractivity (Wildman–Crippen MR) is 100 cm³/mol. The van der Waals surface area contributed by atoms with Gasteiger partial charge >= 0.3 is 0 Å². The number of aliphatic hydroxyl groups excluding tert-OH is 1. The van der Waals surface area contributed by atoms with Crippen LogP contribution in [-0.4, -0.2) is 62.2 Å². The van der Waals surface area contributed by atoms with Crippen LogP contribution in [0, 0.1) is 12.7 Å². The second kappa shape index (κ2) is 9.27. The lowest BCUT2D eigenvalue weighted by Crippen LogP contribution is -2.48. The monoisotopic (exact) mass is 365 g/mol. The van der Waals surface area contributed by atoms with E-state index >= 15 is 0 Å². The number of rotatable bonds is 6. The fraction of sp³-hybridized carbons (Fsp3) is 0.714. The van der Waals surface area contributed by atoms with E-state index in [2.05, 4.69) is 11.0 Å². The number of β-amino-alcohol motifs (C(OH)–C–C–N with tert-alkyl or cyclic N) is 1. The molecule has 2 aliphatic rings. The largest absolute Gasteiger partial charge is 0.392 e. The van der Waals surface area contributed by atoms with Crippen molar-refractivity contribution in [3.8, 4) is 0 Å². The minimum absolute atomic E-state index is 0.0904. The maximum atomic E-state index is 14.8. The topological polar surface area (TPSA) is 41.9 Å². The van der Waals surface area contributed by atoms with Crippen molar-refractivity contribution in [3.05, 3.63) is 34.6 Å². The zero-order valence-corrected chi connectivity index (χ0v) is 16.0. The third-order valence-corrected chi connectivity index (χ3v) is 5.94. The van der Waals surface area contributed by atoms with Gasteiger partial charge in [0.25, 0.3) is 0 Å². The Balaban J connectivity index is 1.67. The van der Waals surface area contributed by atoms with Crippen LogP contribution in [0.25, 0.3) is 0 Å². The first kappa shape index (κ1) is 19.7. The number of ether oxygens (including phenoxy) is 2. The van der Waals surface area contributed by atoms with Crippen LogP contribution in [0.15, 0.2) is 12.1 Å². The van der Waals surface area contributed by atoms with Gasteiger partial charge < -0.3 is 14.6 Å². The summed E-state index contributed by atoms with van der Waals surface area (Å²) in [5.41, 5.74) is 2.95. The molecule has 2 saturated heterocycles. The Hall–Kier alpha value is -1.01. The molecule has 0 spiro atoms. The molecule has 0 aliphatic carbocycles. The number of likely N-dealkylation sites (tertiary alicyclic amines) is 1. The molecule has 1 N–H and O–H groups in total. The summed E-state index contributed by atoms with van der Waals surface area (Å²) in [5.74, 6) is 0.321. The van der Waals surface area contributed by atoms with Crippen molar-refractivity contribution < 1.29 is 19.0 Å². The minimum atomic E-state index is -0.287. The van der Waals surface area contributed by atoms with Crippen LogP contribution in [0.2, 0.25) is 0 Å². The molecule has 0 unspecified atom stereocenters. The minimum Gasteiger partial charge on any atom is -0.392 e. The Labute approximate surface area is 156 Å². The Kier molecular flexibility index (Phi) is 7.04. The predicted octanol–water partition coefficient (Wildman–Crippen LogP) is 3.04. The fourth-order valence-corrected chi connectivity index (χ4v) is 4.37. The van der Waals surface area contributed by atoms with E-state index < -0.39 is 0 Å². The van der Waals surface area contributed by atoms with Gasteiger partial charge in [-0.15, -0.1) is 0 Å². The molecule has 4 nitrogen and oxygen atoms in total. The lowest BCUT2D eigenvalue weighted by Gasteiger charge is -2.37. The molecular formula is C21H32FNO3. The van der Waals surface area contributed by atoms with Crippen molar-refractivity contribution in [2.75, 3.05) is 40.0 Å². The maximum Gasteiger partial charge on any atom is 0.126 e. The highest BCUT2D eigenvalue weighted by Gasteiger charge is 2.27. The van der Waals surface area contributed by atoms with Crippen molar-refractivity contribution in [1.82, 2.24) is 4.90 Å². The molecule has 2 atom stereocenters. The number of methoxy groups -OCH3 is 1. The van der Waals surface area contributed by atoms with Gasteiger partial charge in [-0.2, -0.15) is 0 Å². The second-order valence-electron chi connectivity index (χ2n) is 7.77. The lowest BCUT2D eigenvalue weighted by molar-refractivity contribution is 0.00492. The number of halogens is 1. The van der Waals surface area contributed by atoms with Crippen LogP contribution in [0.5, 0.6) is 0 Å². The third-order valence-electron chi connectivity index (χ3n) is 5.94. The molecular weight excluding hydrogens is 333 g/mol. The van der Waals surface area contributed by atoms with Crippen LogP contribution in [0.4, 0.5) is 4.39 Å². The van der Waals surface area contributed by atoms with E-state index in [-0.39, 0.29) is 11.9 Å². The number of nitrogens with zero attached hydrogens (tertiary/aromatic N) is 1. The number of hydrogen-bond donors (Lipinski definition) is 1. The molecule has 3 rings (SSSR count). The zero-order chi connectivity index (χ0) is 18.5. The molecule has 0 radical (unpaired) electrons. The summed E-state index contributed by atoms with van der Waals surface area (Å²) in [6, 6.07) is 4.20. The molecule has 0 bridgehead atoms. The van der Waals surface area contributed by atoms with Gasteiger partial charge in [0.2, 0.25) is 0 Å². The van der Waals surface area contributed by atoms with Crippen LogP contribution < -0.4 is 0 Å². The Morgan fingerprint density at radius 1 is 1.23 bits per heavy atom. The number of hydrogen-bond acceptors (Lipinski definition) is 4. The third kappa shape index (κ3) is 4.83. The molecule has 26 heavy (non-hydrogen) atoms. The molecule has 2 fully saturated rings. The van der Waals surface area contributed by atoms with Gasteiger partial charge in [-0.25, -0.2) is 4.39 Å². The van der Waals surface area contributed by atoms with E-state index in [9.17, 15) is 9.50 Å². The molecule has 0 aromatic heterocycles. The summed E-state index contributed by atoms with van der Waals surface area (Å²) in [6.07, 6.45) is 4.07. The zero-order valence-electron chi connectivity index (χ0n) is 16.0. The smallest absolute Gasteiger partial charge is 0.126 e. The summed E-state index contributed by atoms with van der Waals surface area (Å²) in [6.45, 7) is 5.61. The Morgan fingerprint density at radius 2 is 2.00 bits per heavy atom. The molecule has 1 aromatic rings. The lowest BCUT2D eigenvalue weighted by atomic mass is 9.88. The molecule has 146 valence electrons. The van der Waals surface area contributed by atoms with Crippen molar-refractivity contribution in [3.63, 3.8) is 0 Å². The van der Waals surface area contributed by atoms with Crippen LogP contribution in [0.3, 0.4) is 0 Å². The summed E-state index contributed by atoms with van der Waals surface area (Å²) in [4.78, 5) is 2.25. The van der Waals surface area contributed by atoms with Crippen LogP contribution in [-0.2, 0) is 15.9 Å². The standard InChI is InChI=1S/C21H32FNO3/c1-15-11-17(16-6-9-26-10-7-16)12-21(22)20(15)5-8-23-13-19(24)4-3-18(23)14-25-2/h11-12,16,18-19,24H,3-10,13-14H2,1-2H3/t18-,19-/m1/s1. The van der Waals surface area contributed by atoms with E-state index in [0.717, 1.165) is 62.1 Å². The summed E-state index contributed by atoms with van der Waals surface area (Å²) >= 11 is 0. The summed E-state index contributed by atoms with van der Waals surface area (Å²) in [5, 5.41) is 9.99. The second-order valence-corrected chi connectivity index (χ2v) is 7.77. The number of piperidine rings is 1. The highest BCUT2D eigenvalue weighted by atomic mass is 19.1. The van der Waals surface area contributed by atoms with Gasteiger partial charge in [-0.1, -0.05) is 6.07 Å². The van der Waals surface area contributed by atoms with Gasteiger partial charge in [0.1, 0.15) is 5.82 Å². The van der Waals surface area contributed by atoms with E-state index in [1.165, 1.54) is 0 Å². The fourth-order valence-electron chi connectivity index (χ4n) is 4.37. The SMILES string of the molecule is COC[C@H]1CC[C@@H](O)CN1CCc1c(C)cc(C2CCOCC2)cc1F.